The number of furan rings is 1. The number of nitrogens with two attached hydrogens (primary N) is 1. The summed E-state index contributed by atoms with van der Waals surface area (Å²) < 4.78 is 5.26. The Morgan fingerprint density at radius 2 is 2.09 bits per heavy atom. The van der Waals surface area contributed by atoms with Crippen LogP contribution in [0.15, 0.2) is 41.0 Å². The first-order chi connectivity index (χ1) is 10.2. The van der Waals surface area contributed by atoms with Gasteiger partial charge in [0.15, 0.2) is 0 Å². The number of hydrogen-bond acceptors (Lipinski definition) is 3. The normalized spacial score (nSPS) is 17.4. The van der Waals surface area contributed by atoms with Gasteiger partial charge >= 0.3 is 0 Å². The summed E-state index contributed by atoms with van der Waals surface area (Å²) in [5.74, 6) is 0.622. The number of nitrogens with zero attached hydrogens (tertiary/aromatic N) is 1. The van der Waals surface area contributed by atoms with Crippen molar-refractivity contribution in [1.29, 1.82) is 0 Å². The van der Waals surface area contributed by atoms with Crippen LogP contribution in [0.1, 0.15) is 40.6 Å². The lowest BCUT2D eigenvalue weighted by Gasteiger charge is -2.24. The van der Waals surface area contributed by atoms with Crippen LogP contribution in [-0.4, -0.2) is 17.4 Å². The van der Waals surface area contributed by atoms with E-state index in [-0.39, 0.29) is 24.4 Å². The minimum absolute atomic E-state index is 0. The fourth-order valence-electron chi connectivity index (χ4n) is 2.81. The molecule has 118 valence electrons. The smallest absolute Gasteiger partial charge is 0.257 e. The van der Waals surface area contributed by atoms with Crippen LogP contribution in [-0.2, 0) is 6.54 Å². The molecule has 1 fully saturated rings. The highest BCUT2D eigenvalue weighted by Crippen LogP contribution is 2.33. The van der Waals surface area contributed by atoms with Crippen LogP contribution < -0.4 is 5.73 Å². The third kappa shape index (κ3) is 3.29. The molecule has 0 bridgehead atoms. The van der Waals surface area contributed by atoms with Crippen molar-refractivity contribution in [2.24, 2.45) is 5.73 Å². The Balaban J connectivity index is 0.00000176. The highest BCUT2D eigenvalue weighted by molar-refractivity contribution is 6.30. The molecule has 2 heterocycles. The first-order valence-electron chi connectivity index (χ1n) is 7.03. The fourth-order valence-corrected chi connectivity index (χ4v) is 2.93. The molecular weight excluding hydrogens is 323 g/mol. The van der Waals surface area contributed by atoms with Crippen molar-refractivity contribution in [3.8, 4) is 0 Å². The molecule has 4 nitrogen and oxygen atoms in total. The maximum atomic E-state index is 12.6. The molecular formula is C16H18Cl2N2O2. The van der Waals surface area contributed by atoms with Crippen LogP contribution in [0, 0.1) is 0 Å². The van der Waals surface area contributed by atoms with Crippen molar-refractivity contribution >= 4 is 29.9 Å². The highest BCUT2D eigenvalue weighted by atomic mass is 35.5. The molecule has 2 N–H and O–H groups in total. The monoisotopic (exact) mass is 340 g/mol. The zero-order valence-electron chi connectivity index (χ0n) is 12.0. The van der Waals surface area contributed by atoms with E-state index in [2.05, 4.69) is 0 Å². The number of hydrogen-bond donors (Lipinski definition) is 1. The molecule has 0 saturated carbocycles. The van der Waals surface area contributed by atoms with Gasteiger partial charge < -0.3 is 15.1 Å². The molecule has 1 unspecified atom stereocenters. The molecule has 2 aromatic rings. The number of halogens is 2. The van der Waals surface area contributed by atoms with Crippen molar-refractivity contribution in [3.63, 3.8) is 0 Å². The predicted octanol–water partition coefficient (Wildman–Crippen LogP) is 3.79. The number of likely N-dealkylation sites (tertiary alicyclic amines) is 1. The number of rotatable bonds is 3. The fraction of sp³-hybridized carbons (Fsp3) is 0.312. The van der Waals surface area contributed by atoms with Crippen molar-refractivity contribution < 1.29 is 9.21 Å². The van der Waals surface area contributed by atoms with E-state index < -0.39 is 0 Å². The summed E-state index contributed by atoms with van der Waals surface area (Å²) in [4.78, 5) is 14.5. The summed E-state index contributed by atoms with van der Waals surface area (Å²) in [5.41, 5.74) is 7.20. The van der Waals surface area contributed by atoms with E-state index in [1.54, 1.807) is 6.07 Å². The quantitative estimate of drug-likeness (QED) is 0.924. The number of benzene rings is 1. The van der Waals surface area contributed by atoms with Gasteiger partial charge in [-0.05, 0) is 36.6 Å². The summed E-state index contributed by atoms with van der Waals surface area (Å²) in [5, 5.41) is 0.706. The van der Waals surface area contributed by atoms with Gasteiger partial charge in [0.05, 0.1) is 18.2 Å². The van der Waals surface area contributed by atoms with Gasteiger partial charge in [0.1, 0.15) is 12.0 Å². The molecule has 22 heavy (non-hydrogen) atoms. The van der Waals surface area contributed by atoms with E-state index in [0.29, 0.717) is 22.9 Å². The first-order valence-corrected chi connectivity index (χ1v) is 7.41. The Labute approximate surface area is 140 Å². The third-order valence-electron chi connectivity index (χ3n) is 3.87. The zero-order chi connectivity index (χ0) is 14.8. The Hall–Kier alpha value is -1.49. The SMILES string of the molecule is Cl.NCc1cc(C(=O)N2CCCC2c2ccc(Cl)cc2)co1. The Kier molecular flexibility index (Phi) is 5.51. The van der Waals surface area contributed by atoms with Gasteiger partial charge in [-0.15, -0.1) is 12.4 Å². The molecule has 1 atom stereocenters. The van der Waals surface area contributed by atoms with Crippen LogP contribution in [0.2, 0.25) is 5.02 Å². The number of carbonyl (C=O) groups excluding carboxylic acids is 1. The Bertz CT molecular complexity index is 640. The van der Waals surface area contributed by atoms with Crippen molar-refractivity contribution in [2.45, 2.75) is 25.4 Å². The molecule has 1 aliphatic rings. The van der Waals surface area contributed by atoms with Crippen molar-refractivity contribution in [2.75, 3.05) is 6.54 Å². The summed E-state index contributed by atoms with van der Waals surface area (Å²) in [6.07, 6.45) is 3.46. The molecule has 3 rings (SSSR count). The average molecular weight is 341 g/mol. The minimum Gasteiger partial charge on any atom is -0.467 e. The van der Waals surface area contributed by atoms with Crippen molar-refractivity contribution in [3.05, 3.63) is 58.5 Å². The molecule has 6 heteroatoms. The molecule has 0 radical (unpaired) electrons. The van der Waals surface area contributed by atoms with Crippen LogP contribution in [0.3, 0.4) is 0 Å². The van der Waals surface area contributed by atoms with Gasteiger partial charge in [0.2, 0.25) is 0 Å². The van der Waals surface area contributed by atoms with E-state index in [9.17, 15) is 4.79 Å². The van der Waals surface area contributed by atoms with E-state index in [0.717, 1.165) is 24.9 Å². The number of amides is 1. The average Bonchev–Trinajstić information content (AvgIpc) is 3.16. The van der Waals surface area contributed by atoms with Crippen LogP contribution >= 0.6 is 24.0 Å². The standard InChI is InChI=1S/C16H17ClN2O2.ClH/c17-13-5-3-11(4-6-13)15-2-1-7-19(15)16(20)12-8-14(9-18)21-10-12;/h3-6,8,10,15H,1-2,7,9,18H2;1H. The lowest BCUT2D eigenvalue weighted by molar-refractivity contribution is 0.0735. The van der Waals surface area contributed by atoms with Crippen LogP contribution in [0.4, 0.5) is 0 Å². The van der Waals surface area contributed by atoms with Gasteiger partial charge in [0, 0.05) is 11.6 Å². The Morgan fingerprint density at radius 3 is 2.73 bits per heavy atom. The van der Waals surface area contributed by atoms with E-state index in [1.807, 2.05) is 29.2 Å². The minimum atomic E-state index is -0.00380. The second-order valence-corrected chi connectivity index (χ2v) is 5.65. The van der Waals surface area contributed by atoms with Gasteiger partial charge in [-0.25, -0.2) is 0 Å². The lowest BCUT2D eigenvalue weighted by Crippen LogP contribution is -2.30. The molecule has 1 saturated heterocycles. The second kappa shape index (κ2) is 7.18. The van der Waals surface area contributed by atoms with Gasteiger partial charge in [-0.1, -0.05) is 23.7 Å². The highest BCUT2D eigenvalue weighted by Gasteiger charge is 2.31. The summed E-state index contributed by atoms with van der Waals surface area (Å²) in [6.45, 7) is 1.06. The van der Waals surface area contributed by atoms with E-state index in [1.165, 1.54) is 6.26 Å². The second-order valence-electron chi connectivity index (χ2n) is 5.21. The summed E-state index contributed by atoms with van der Waals surface area (Å²) in [6, 6.07) is 9.52. The summed E-state index contributed by atoms with van der Waals surface area (Å²) in [7, 11) is 0. The van der Waals surface area contributed by atoms with Gasteiger partial charge in [0.25, 0.3) is 5.91 Å². The third-order valence-corrected chi connectivity index (χ3v) is 4.12. The summed E-state index contributed by atoms with van der Waals surface area (Å²) >= 11 is 5.93. The lowest BCUT2D eigenvalue weighted by atomic mass is 10.0. The maximum Gasteiger partial charge on any atom is 0.257 e. The van der Waals surface area contributed by atoms with Crippen LogP contribution in [0.25, 0.3) is 0 Å². The topological polar surface area (TPSA) is 59.5 Å². The van der Waals surface area contributed by atoms with E-state index in [4.69, 9.17) is 21.8 Å². The molecule has 1 amide bonds. The molecule has 0 aliphatic carbocycles. The molecule has 0 spiro atoms. The molecule has 1 aromatic carbocycles. The zero-order valence-corrected chi connectivity index (χ0v) is 13.6. The number of carbonyl (C=O) groups is 1. The van der Waals surface area contributed by atoms with Crippen molar-refractivity contribution in [1.82, 2.24) is 4.90 Å². The molecule has 1 aliphatic heterocycles. The molecule has 1 aromatic heterocycles. The largest absolute Gasteiger partial charge is 0.467 e. The van der Waals surface area contributed by atoms with Crippen LogP contribution in [0.5, 0.6) is 0 Å². The van der Waals surface area contributed by atoms with E-state index >= 15 is 0 Å². The predicted molar refractivity (Wildman–Crippen MR) is 88.3 cm³/mol. The first kappa shape index (κ1) is 16.9. The van der Waals surface area contributed by atoms with Gasteiger partial charge in [-0.2, -0.15) is 0 Å². The maximum absolute atomic E-state index is 12.6. The Morgan fingerprint density at radius 1 is 1.36 bits per heavy atom. The van der Waals surface area contributed by atoms with Gasteiger partial charge in [-0.3, -0.25) is 4.79 Å².